The number of carbonyl (C=O) groups is 2. The average molecular weight is 362 g/mol. The average Bonchev–Trinajstić information content (AvgIpc) is 3.20. The number of aryl methyl sites for hydroxylation is 1. The van der Waals surface area contributed by atoms with Gasteiger partial charge in [-0.3, -0.25) is 9.59 Å². The van der Waals surface area contributed by atoms with Crippen LogP contribution in [0, 0.1) is 6.92 Å². The smallest absolute Gasteiger partial charge is 0.251 e. The predicted octanol–water partition coefficient (Wildman–Crippen LogP) is 3.94. The van der Waals surface area contributed by atoms with E-state index in [0.717, 1.165) is 11.3 Å². The number of rotatable bonds is 7. The van der Waals surface area contributed by atoms with Crippen molar-refractivity contribution < 1.29 is 14.0 Å². The molecule has 1 aromatic heterocycles. The first-order valence-electron chi connectivity index (χ1n) is 8.86. The van der Waals surface area contributed by atoms with Gasteiger partial charge in [-0.05, 0) is 43.3 Å². The molecule has 0 saturated heterocycles. The second kappa shape index (κ2) is 8.85. The Morgan fingerprint density at radius 3 is 2.52 bits per heavy atom. The number of nitrogens with one attached hydrogen (secondary N) is 1. The Morgan fingerprint density at radius 1 is 1.00 bits per heavy atom. The molecule has 1 N–H and O–H groups in total. The third kappa shape index (κ3) is 5.07. The highest BCUT2D eigenvalue weighted by molar-refractivity contribution is 5.96. The van der Waals surface area contributed by atoms with E-state index in [1.165, 1.54) is 0 Å². The fourth-order valence-corrected chi connectivity index (χ4v) is 2.80. The summed E-state index contributed by atoms with van der Waals surface area (Å²) in [5.74, 6) is 0.446. The molecular formula is C22H22N2O3. The summed E-state index contributed by atoms with van der Waals surface area (Å²) in [5, 5.41) is 2.81. The molecule has 0 atom stereocenters. The Bertz CT molecular complexity index is 889. The number of carbonyl (C=O) groups excluding carboxylic acids is 2. The van der Waals surface area contributed by atoms with Crippen LogP contribution in [0.3, 0.4) is 0 Å². The molecule has 3 rings (SSSR count). The van der Waals surface area contributed by atoms with Gasteiger partial charge in [0.25, 0.3) is 5.91 Å². The number of hydrogen-bond donors (Lipinski definition) is 1. The number of benzene rings is 2. The van der Waals surface area contributed by atoms with E-state index in [2.05, 4.69) is 5.32 Å². The van der Waals surface area contributed by atoms with Gasteiger partial charge in [0.1, 0.15) is 5.76 Å². The van der Waals surface area contributed by atoms with Gasteiger partial charge in [-0.25, -0.2) is 0 Å². The zero-order valence-electron chi connectivity index (χ0n) is 15.2. The lowest BCUT2D eigenvalue weighted by molar-refractivity contribution is -0.118. The summed E-state index contributed by atoms with van der Waals surface area (Å²) >= 11 is 0. The van der Waals surface area contributed by atoms with Crippen LogP contribution in [0.5, 0.6) is 0 Å². The van der Waals surface area contributed by atoms with Gasteiger partial charge in [-0.1, -0.05) is 35.9 Å². The van der Waals surface area contributed by atoms with Gasteiger partial charge >= 0.3 is 0 Å². The van der Waals surface area contributed by atoms with Gasteiger partial charge in [-0.15, -0.1) is 0 Å². The van der Waals surface area contributed by atoms with Crippen molar-refractivity contribution in [3.8, 4) is 0 Å². The first-order valence-corrected chi connectivity index (χ1v) is 8.86. The van der Waals surface area contributed by atoms with Crippen LogP contribution in [0.4, 0.5) is 5.69 Å². The van der Waals surface area contributed by atoms with Crippen molar-refractivity contribution in [1.82, 2.24) is 5.32 Å². The monoisotopic (exact) mass is 362 g/mol. The van der Waals surface area contributed by atoms with Gasteiger partial charge in [0.05, 0.1) is 12.8 Å². The summed E-state index contributed by atoms with van der Waals surface area (Å²) in [5.41, 5.74) is 2.41. The zero-order valence-corrected chi connectivity index (χ0v) is 15.2. The molecule has 0 aliphatic rings. The molecule has 5 nitrogen and oxygen atoms in total. The Labute approximate surface area is 158 Å². The minimum atomic E-state index is -0.177. The second-order valence-corrected chi connectivity index (χ2v) is 6.27. The number of amides is 2. The second-order valence-electron chi connectivity index (χ2n) is 6.27. The summed E-state index contributed by atoms with van der Waals surface area (Å²) < 4.78 is 5.38. The van der Waals surface area contributed by atoms with E-state index in [9.17, 15) is 9.59 Å². The SMILES string of the molecule is Cc1cccc(C(=O)NCCC(=O)N(Cc2ccco2)c2ccccc2)c1. The molecule has 3 aromatic rings. The number of anilines is 1. The quantitative estimate of drug-likeness (QED) is 0.692. The molecule has 2 aromatic carbocycles. The lowest BCUT2D eigenvalue weighted by Crippen LogP contribution is -2.34. The third-order valence-electron chi connectivity index (χ3n) is 4.17. The van der Waals surface area contributed by atoms with E-state index in [-0.39, 0.29) is 24.8 Å². The van der Waals surface area contributed by atoms with Crippen LogP contribution >= 0.6 is 0 Å². The van der Waals surface area contributed by atoms with E-state index < -0.39 is 0 Å². The van der Waals surface area contributed by atoms with Crippen LogP contribution < -0.4 is 10.2 Å². The van der Waals surface area contributed by atoms with Crippen LogP contribution in [0.1, 0.15) is 28.1 Å². The van der Waals surface area contributed by atoms with Gasteiger partial charge in [0, 0.05) is 24.2 Å². The first kappa shape index (κ1) is 18.5. The first-order chi connectivity index (χ1) is 13.1. The standard InChI is InChI=1S/C22H22N2O3/c1-17-7-5-8-18(15-17)22(26)23-13-12-21(25)24(16-20-11-6-14-27-20)19-9-3-2-4-10-19/h2-11,14-15H,12-13,16H2,1H3,(H,23,26). The van der Waals surface area contributed by atoms with Gasteiger partial charge in [-0.2, -0.15) is 0 Å². The highest BCUT2D eigenvalue weighted by Gasteiger charge is 2.17. The van der Waals surface area contributed by atoms with Crippen LogP contribution in [-0.4, -0.2) is 18.4 Å². The van der Waals surface area contributed by atoms with E-state index >= 15 is 0 Å². The molecule has 0 spiro atoms. The maximum Gasteiger partial charge on any atom is 0.251 e. The Kier molecular flexibility index (Phi) is 6.05. The minimum absolute atomic E-state index is 0.0813. The Hall–Kier alpha value is -3.34. The largest absolute Gasteiger partial charge is 0.467 e. The van der Waals surface area contributed by atoms with Crippen molar-refractivity contribution in [2.45, 2.75) is 19.9 Å². The molecule has 5 heteroatoms. The summed E-state index contributed by atoms with van der Waals surface area (Å²) in [4.78, 5) is 26.7. The summed E-state index contributed by atoms with van der Waals surface area (Å²) in [7, 11) is 0. The maximum atomic E-state index is 12.8. The van der Waals surface area contributed by atoms with E-state index in [1.54, 1.807) is 23.3 Å². The fraction of sp³-hybridized carbons (Fsp3) is 0.182. The van der Waals surface area contributed by atoms with E-state index in [0.29, 0.717) is 17.9 Å². The van der Waals surface area contributed by atoms with Crippen molar-refractivity contribution in [3.63, 3.8) is 0 Å². The van der Waals surface area contributed by atoms with E-state index in [1.807, 2.05) is 61.5 Å². The number of hydrogen-bond acceptors (Lipinski definition) is 3. The molecule has 0 radical (unpaired) electrons. The Morgan fingerprint density at radius 2 is 1.81 bits per heavy atom. The molecule has 0 saturated carbocycles. The van der Waals surface area contributed by atoms with E-state index in [4.69, 9.17) is 4.42 Å². The molecule has 0 aliphatic carbocycles. The molecule has 1 heterocycles. The highest BCUT2D eigenvalue weighted by Crippen LogP contribution is 2.18. The van der Waals surface area contributed by atoms with Crippen molar-refractivity contribution >= 4 is 17.5 Å². The van der Waals surface area contributed by atoms with Crippen molar-refractivity contribution in [2.24, 2.45) is 0 Å². The van der Waals surface area contributed by atoms with Crippen molar-refractivity contribution in [1.29, 1.82) is 0 Å². The minimum Gasteiger partial charge on any atom is -0.467 e. The molecule has 2 amide bonds. The zero-order chi connectivity index (χ0) is 19.1. The lowest BCUT2D eigenvalue weighted by Gasteiger charge is -2.22. The van der Waals surface area contributed by atoms with Gasteiger partial charge in [0.2, 0.25) is 5.91 Å². The molecule has 0 bridgehead atoms. The van der Waals surface area contributed by atoms with Crippen molar-refractivity contribution in [3.05, 3.63) is 89.9 Å². The lowest BCUT2D eigenvalue weighted by atomic mass is 10.1. The molecule has 27 heavy (non-hydrogen) atoms. The summed E-state index contributed by atoms with van der Waals surface area (Å²) in [6.45, 7) is 2.56. The number of furan rings is 1. The normalized spacial score (nSPS) is 10.4. The van der Waals surface area contributed by atoms with Crippen LogP contribution in [-0.2, 0) is 11.3 Å². The molecule has 0 aliphatic heterocycles. The summed E-state index contributed by atoms with van der Waals surface area (Å²) in [6, 6.07) is 20.4. The topological polar surface area (TPSA) is 62.6 Å². The molecular weight excluding hydrogens is 340 g/mol. The maximum absolute atomic E-state index is 12.8. The Balaban J connectivity index is 1.61. The fourth-order valence-electron chi connectivity index (χ4n) is 2.80. The highest BCUT2D eigenvalue weighted by atomic mass is 16.3. The predicted molar refractivity (Wildman–Crippen MR) is 104 cm³/mol. The third-order valence-corrected chi connectivity index (χ3v) is 4.17. The van der Waals surface area contributed by atoms with Crippen LogP contribution in [0.25, 0.3) is 0 Å². The van der Waals surface area contributed by atoms with Crippen LogP contribution in [0.15, 0.2) is 77.4 Å². The summed E-state index contributed by atoms with van der Waals surface area (Å²) in [6.07, 6.45) is 1.79. The van der Waals surface area contributed by atoms with Gasteiger partial charge in [0.15, 0.2) is 0 Å². The number of para-hydroxylation sites is 1. The van der Waals surface area contributed by atoms with Crippen molar-refractivity contribution in [2.75, 3.05) is 11.4 Å². The van der Waals surface area contributed by atoms with Crippen LogP contribution in [0.2, 0.25) is 0 Å². The molecule has 138 valence electrons. The number of nitrogens with zero attached hydrogens (tertiary/aromatic N) is 1. The molecule has 0 unspecified atom stereocenters. The van der Waals surface area contributed by atoms with Gasteiger partial charge < -0.3 is 14.6 Å². The molecule has 0 fully saturated rings.